The van der Waals surface area contributed by atoms with Crippen LogP contribution >= 0.6 is 0 Å². The number of aromatic amines is 1. The van der Waals surface area contributed by atoms with Crippen LogP contribution in [-0.4, -0.2) is 66.0 Å². The second kappa shape index (κ2) is 7.52. The standard InChI is InChI=1S/C20H23N3O4/c24-18-12-16(15-5-1-2-6-17(15)21-18)20(26)23-7-3-4-14(13-23)19(25)22-8-10-27-11-9-22/h1-2,5-6,12,14H,3-4,7-11,13H2,(H,21,24). The number of morpholine rings is 1. The van der Waals surface area contributed by atoms with E-state index in [0.29, 0.717) is 50.5 Å². The van der Waals surface area contributed by atoms with Gasteiger partial charge >= 0.3 is 0 Å². The molecule has 7 nitrogen and oxygen atoms in total. The molecule has 27 heavy (non-hydrogen) atoms. The Balaban J connectivity index is 1.56. The molecule has 2 aliphatic heterocycles. The molecule has 142 valence electrons. The number of fused-ring (bicyclic) bond motifs is 1. The summed E-state index contributed by atoms with van der Waals surface area (Å²) < 4.78 is 5.32. The summed E-state index contributed by atoms with van der Waals surface area (Å²) in [6, 6.07) is 8.65. The third-order valence-electron chi connectivity index (χ3n) is 5.36. The van der Waals surface area contributed by atoms with Crippen LogP contribution < -0.4 is 5.56 Å². The number of pyridine rings is 1. The highest BCUT2D eigenvalue weighted by Gasteiger charge is 2.32. The van der Waals surface area contributed by atoms with Gasteiger partial charge in [0.05, 0.1) is 24.7 Å². The van der Waals surface area contributed by atoms with E-state index >= 15 is 0 Å². The van der Waals surface area contributed by atoms with Gasteiger partial charge in [-0.25, -0.2) is 0 Å². The molecule has 0 radical (unpaired) electrons. The zero-order valence-electron chi connectivity index (χ0n) is 15.1. The van der Waals surface area contributed by atoms with Crippen molar-refractivity contribution in [3.05, 3.63) is 46.2 Å². The molecule has 0 saturated carbocycles. The average Bonchev–Trinajstić information content (AvgIpc) is 2.72. The zero-order chi connectivity index (χ0) is 18.8. The number of hydrogen-bond acceptors (Lipinski definition) is 4. The van der Waals surface area contributed by atoms with E-state index in [0.717, 1.165) is 18.2 Å². The van der Waals surface area contributed by atoms with Gasteiger partial charge in [0, 0.05) is 43.1 Å². The number of ether oxygens (including phenoxy) is 1. The second-order valence-corrected chi connectivity index (χ2v) is 7.12. The molecule has 2 fully saturated rings. The Morgan fingerprint density at radius 2 is 1.85 bits per heavy atom. The predicted molar refractivity (Wildman–Crippen MR) is 101 cm³/mol. The Bertz CT molecular complexity index is 917. The average molecular weight is 369 g/mol. The number of amides is 2. The van der Waals surface area contributed by atoms with Crippen LogP contribution in [0.5, 0.6) is 0 Å². The van der Waals surface area contributed by atoms with Crippen LogP contribution in [0.2, 0.25) is 0 Å². The number of likely N-dealkylation sites (tertiary alicyclic amines) is 1. The summed E-state index contributed by atoms with van der Waals surface area (Å²) in [6.07, 6.45) is 1.57. The van der Waals surface area contributed by atoms with Crippen LogP contribution in [0.15, 0.2) is 35.1 Å². The molecule has 3 heterocycles. The van der Waals surface area contributed by atoms with E-state index in [-0.39, 0.29) is 23.3 Å². The highest BCUT2D eigenvalue weighted by Crippen LogP contribution is 2.23. The van der Waals surface area contributed by atoms with Gasteiger partial charge in [-0.05, 0) is 18.9 Å². The van der Waals surface area contributed by atoms with Gasteiger partial charge in [-0.2, -0.15) is 0 Å². The lowest BCUT2D eigenvalue weighted by Gasteiger charge is -2.36. The van der Waals surface area contributed by atoms with Crippen molar-refractivity contribution in [1.29, 1.82) is 0 Å². The van der Waals surface area contributed by atoms with Gasteiger partial charge in [0.25, 0.3) is 5.91 Å². The third-order valence-corrected chi connectivity index (χ3v) is 5.36. The number of nitrogens with zero attached hydrogens (tertiary/aromatic N) is 2. The van der Waals surface area contributed by atoms with Gasteiger partial charge in [0.15, 0.2) is 0 Å². The summed E-state index contributed by atoms with van der Waals surface area (Å²) >= 11 is 0. The topological polar surface area (TPSA) is 82.7 Å². The molecule has 7 heteroatoms. The first-order chi connectivity index (χ1) is 13.1. The molecule has 4 rings (SSSR count). The number of carbonyl (C=O) groups is 2. The number of aromatic nitrogens is 1. The minimum Gasteiger partial charge on any atom is -0.378 e. The highest BCUT2D eigenvalue weighted by molar-refractivity contribution is 6.06. The summed E-state index contributed by atoms with van der Waals surface area (Å²) in [7, 11) is 0. The van der Waals surface area contributed by atoms with E-state index in [2.05, 4.69) is 4.98 Å². The van der Waals surface area contributed by atoms with E-state index in [1.807, 2.05) is 23.1 Å². The predicted octanol–water partition coefficient (Wildman–Crippen LogP) is 1.24. The fourth-order valence-corrected chi connectivity index (χ4v) is 3.96. The van der Waals surface area contributed by atoms with Crippen molar-refractivity contribution in [3.8, 4) is 0 Å². The van der Waals surface area contributed by atoms with E-state index < -0.39 is 0 Å². The molecule has 0 bridgehead atoms. The maximum atomic E-state index is 13.1. The Hall–Kier alpha value is -2.67. The molecule has 2 aromatic rings. The number of hydrogen-bond donors (Lipinski definition) is 1. The molecule has 1 N–H and O–H groups in total. The van der Waals surface area contributed by atoms with Crippen LogP contribution in [-0.2, 0) is 9.53 Å². The SMILES string of the molecule is O=C(c1cc(=O)[nH]c2ccccc12)N1CCCC(C(=O)N2CCOCC2)C1. The number of benzene rings is 1. The normalized spacial score (nSPS) is 20.7. The lowest BCUT2D eigenvalue weighted by atomic mass is 9.95. The first kappa shape index (κ1) is 17.7. The van der Waals surface area contributed by atoms with Crippen LogP contribution in [0.4, 0.5) is 0 Å². The van der Waals surface area contributed by atoms with Gasteiger partial charge in [0.1, 0.15) is 0 Å². The largest absolute Gasteiger partial charge is 0.378 e. The summed E-state index contributed by atoms with van der Waals surface area (Å²) in [6.45, 7) is 3.37. The molecule has 0 spiro atoms. The molecule has 1 aromatic carbocycles. The van der Waals surface area contributed by atoms with Gasteiger partial charge in [-0.3, -0.25) is 14.4 Å². The summed E-state index contributed by atoms with van der Waals surface area (Å²) in [5.41, 5.74) is 0.745. The summed E-state index contributed by atoms with van der Waals surface area (Å²) in [4.78, 5) is 44.2. The van der Waals surface area contributed by atoms with Crippen molar-refractivity contribution in [1.82, 2.24) is 14.8 Å². The molecule has 1 atom stereocenters. The highest BCUT2D eigenvalue weighted by atomic mass is 16.5. The quantitative estimate of drug-likeness (QED) is 0.863. The Labute approximate surface area is 156 Å². The molecule has 1 unspecified atom stereocenters. The van der Waals surface area contributed by atoms with Crippen LogP contribution in [0.3, 0.4) is 0 Å². The van der Waals surface area contributed by atoms with Gasteiger partial charge in [-0.15, -0.1) is 0 Å². The first-order valence-corrected chi connectivity index (χ1v) is 9.41. The molecule has 2 saturated heterocycles. The fraction of sp³-hybridized carbons (Fsp3) is 0.450. The molecule has 2 aliphatic rings. The van der Waals surface area contributed by atoms with Crippen molar-refractivity contribution in [2.45, 2.75) is 12.8 Å². The van der Waals surface area contributed by atoms with E-state index in [9.17, 15) is 14.4 Å². The van der Waals surface area contributed by atoms with Crippen molar-refractivity contribution in [2.24, 2.45) is 5.92 Å². The summed E-state index contributed by atoms with van der Waals surface area (Å²) in [5.74, 6) is -0.266. The molecular formula is C20H23N3O4. The number of para-hydroxylation sites is 1. The fourth-order valence-electron chi connectivity index (χ4n) is 3.96. The molecule has 2 amide bonds. The summed E-state index contributed by atoms with van der Waals surface area (Å²) in [5, 5.41) is 0.726. The molecule has 1 aromatic heterocycles. The minimum absolute atomic E-state index is 0.103. The van der Waals surface area contributed by atoms with E-state index in [4.69, 9.17) is 4.74 Å². The van der Waals surface area contributed by atoms with Crippen molar-refractivity contribution in [2.75, 3.05) is 39.4 Å². The molecule has 0 aliphatic carbocycles. The number of nitrogens with one attached hydrogen (secondary N) is 1. The van der Waals surface area contributed by atoms with Crippen molar-refractivity contribution >= 4 is 22.7 Å². The van der Waals surface area contributed by atoms with Crippen LogP contribution in [0, 0.1) is 5.92 Å². The number of carbonyl (C=O) groups excluding carboxylic acids is 2. The van der Waals surface area contributed by atoms with Crippen molar-refractivity contribution in [3.63, 3.8) is 0 Å². The Kier molecular flexibility index (Phi) is 4.94. The maximum absolute atomic E-state index is 13.1. The number of piperidine rings is 1. The van der Waals surface area contributed by atoms with Gasteiger partial charge < -0.3 is 19.5 Å². The van der Waals surface area contributed by atoms with Crippen LogP contribution in [0.1, 0.15) is 23.2 Å². The second-order valence-electron chi connectivity index (χ2n) is 7.12. The third kappa shape index (κ3) is 3.60. The lowest BCUT2D eigenvalue weighted by Crippen LogP contribution is -2.49. The number of rotatable bonds is 2. The lowest BCUT2D eigenvalue weighted by molar-refractivity contribution is -0.141. The number of H-pyrrole nitrogens is 1. The minimum atomic E-state index is -0.296. The first-order valence-electron chi connectivity index (χ1n) is 9.41. The van der Waals surface area contributed by atoms with Gasteiger partial charge in [0.2, 0.25) is 11.5 Å². The zero-order valence-corrected chi connectivity index (χ0v) is 15.1. The Morgan fingerprint density at radius 1 is 1.07 bits per heavy atom. The Morgan fingerprint density at radius 3 is 2.67 bits per heavy atom. The van der Waals surface area contributed by atoms with E-state index in [1.54, 1.807) is 11.0 Å². The molecular weight excluding hydrogens is 346 g/mol. The van der Waals surface area contributed by atoms with Crippen molar-refractivity contribution < 1.29 is 14.3 Å². The van der Waals surface area contributed by atoms with E-state index in [1.165, 1.54) is 6.07 Å². The van der Waals surface area contributed by atoms with Crippen LogP contribution in [0.25, 0.3) is 10.9 Å². The smallest absolute Gasteiger partial charge is 0.254 e. The van der Waals surface area contributed by atoms with Gasteiger partial charge in [-0.1, -0.05) is 18.2 Å². The monoisotopic (exact) mass is 369 g/mol. The maximum Gasteiger partial charge on any atom is 0.254 e.